The van der Waals surface area contributed by atoms with Gasteiger partial charge < -0.3 is 15.1 Å². The van der Waals surface area contributed by atoms with E-state index in [0.29, 0.717) is 48.6 Å². The summed E-state index contributed by atoms with van der Waals surface area (Å²) < 4.78 is 56.6. The summed E-state index contributed by atoms with van der Waals surface area (Å²) >= 11 is 0. The molecule has 5 aliphatic rings. The van der Waals surface area contributed by atoms with Gasteiger partial charge in [0.25, 0.3) is 0 Å². The van der Waals surface area contributed by atoms with Crippen molar-refractivity contribution >= 4 is 33.5 Å². The SMILES string of the molecule is CC1NCCc2nn(-c3ccc(F)c(C4CC4)c3)c(N3C=CN(c4cc5c6c(c4)CCC(=O)N6CCC5)[C@@H]3OS(=O)(=O)O)c21. The summed E-state index contributed by atoms with van der Waals surface area (Å²) in [4.78, 5) is 17.8. The summed E-state index contributed by atoms with van der Waals surface area (Å²) in [5, 5.41) is 8.43. The second-order valence-electron chi connectivity index (χ2n) is 12.2. The largest absolute Gasteiger partial charge is 0.400 e. The number of nitrogens with zero attached hydrogens (tertiary/aromatic N) is 5. The summed E-state index contributed by atoms with van der Waals surface area (Å²) in [5.41, 5.74) is 6.72. The minimum Gasteiger partial charge on any atom is -0.312 e. The van der Waals surface area contributed by atoms with Crippen molar-refractivity contribution in [2.24, 2.45) is 0 Å². The first-order valence-electron chi connectivity index (χ1n) is 15.2. The number of amides is 1. The van der Waals surface area contributed by atoms with Crippen LogP contribution >= 0.6 is 0 Å². The summed E-state index contributed by atoms with van der Waals surface area (Å²) in [7, 11) is -4.91. The van der Waals surface area contributed by atoms with E-state index in [-0.39, 0.29) is 23.7 Å². The third-order valence-corrected chi connectivity index (χ3v) is 9.75. The summed E-state index contributed by atoms with van der Waals surface area (Å²) in [6, 6.07) is 8.78. The number of halogens is 1. The van der Waals surface area contributed by atoms with Gasteiger partial charge in [-0.2, -0.15) is 13.5 Å². The van der Waals surface area contributed by atoms with Crippen molar-refractivity contribution in [1.29, 1.82) is 0 Å². The second kappa shape index (κ2) is 10.1. The maximum Gasteiger partial charge on any atom is 0.400 e. The Balaban J connectivity index is 1.26. The van der Waals surface area contributed by atoms with Crippen LogP contribution in [0.5, 0.6) is 0 Å². The molecule has 13 heteroatoms. The molecule has 2 N–H and O–H groups in total. The predicted octanol–water partition coefficient (Wildman–Crippen LogP) is 4.22. The number of hydrogen-bond acceptors (Lipinski definition) is 8. The number of rotatable bonds is 6. The van der Waals surface area contributed by atoms with Crippen molar-refractivity contribution in [2.45, 2.75) is 70.2 Å². The Kier molecular flexibility index (Phi) is 6.39. The van der Waals surface area contributed by atoms with Crippen LogP contribution in [0.3, 0.4) is 0 Å². The Morgan fingerprint density at radius 2 is 1.80 bits per heavy atom. The van der Waals surface area contributed by atoms with Crippen molar-refractivity contribution in [1.82, 2.24) is 15.1 Å². The van der Waals surface area contributed by atoms with Gasteiger partial charge in [-0.15, -0.1) is 0 Å². The smallest absolute Gasteiger partial charge is 0.312 e. The van der Waals surface area contributed by atoms with E-state index in [4.69, 9.17) is 9.28 Å². The zero-order valence-corrected chi connectivity index (χ0v) is 25.1. The monoisotopic (exact) mass is 620 g/mol. The molecule has 4 aliphatic heterocycles. The van der Waals surface area contributed by atoms with Crippen LogP contribution in [0.1, 0.15) is 72.5 Å². The number of aromatic nitrogens is 2. The van der Waals surface area contributed by atoms with Gasteiger partial charge >= 0.3 is 10.4 Å². The summed E-state index contributed by atoms with van der Waals surface area (Å²) in [6.07, 6.45) is 7.31. The number of carbonyl (C=O) groups is 1. The van der Waals surface area contributed by atoms with Gasteiger partial charge in [-0.25, -0.2) is 13.3 Å². The number of anilines is 3. The van der Waals surface area contributed by atoms with Crippen LogP contribution in [0.2, 0.25) is 0 Å². The number of carbonyl (C=O) groups excluding carboxylic acids is 1. The Labute approximate surface area is 254 Å². The van der Waals surface area contributed by atoms with E-state index < -0.39 is 16.8 Å². The Bertz CT molecular complexity index is 1820. The van der Waals surface area contributed by atoms with Gasteiger partial charge in [-0.05, 0) is 92.0 Å². The Morgan fingerprint density at radius 1 is 1.02 bits per heavy atom. The summed E-state index contributed by atoms with van der Waals surface area (Å²) in [5.74, 6) is 0.619. The maximum absolute atomic E-state index is 14.8. The molecule has 1 unspecified atom stereocenters. The van der Waals surface area contributed by atoms with Gasteiger partial charge in [0.15, 0.2) is 0 Å². The first kappa shape index (κ1) is 27.7. The van der Waals surface area contributed by atoms with Crippen molar-refractivity contribution in [3.05, 3.63) is 76.5 Å². The lowest BCUT2D eigenvalue weighted by Gasteiger charge is -2.37. The van der Waals surface area contributed by atoms with E-state index >= 15 is 0 Å². The average Bonchev–Trinajstić information content (AvgIpc) is 3.65. The molecule has 0 bridgehead atoms. The molecule has 0 radical (unpaired) electrons. The molecule has 230 valence electrons. The fourth-order valence-corrected chi connectivity index (χ4v) is 7.60. The van der Waals surface area contributed by atoms with Crippen LogP contribution in [0.15, 0.2) is 42.7 Å². The zero-order valence-electron chi connectivity index (χ0n) is 24.2. The molecule has 1 fully saturated rings. The number of aryl methyl sites for hydroxylation is 2. The second-order valence-corrected chi connectivity index (χ2v) is 13.3. The Morgan fingerprint density at radius 3 is 2.57 bits per heavy atom. The molecule has 2 atom stereocenters. The van der Waals surface area contributed by atoms with Crippen LogP contribution in [0, 0.1) is 5.82 Å². The van der Waals surface area contributed by atoms with Crippen molar-refractivity contribution in [2.75, 3.05) is 27.8 Å². The molecule has 1 aliphatic carbocycles. The van der Waals surface area contributed by atoms with Crippen LogP contribution in [-0.2, 0) is 38.6 Å². The van der Waals surface area contributed by atoms with E-state index in [1.807, 2.05) is 30.0 Å². The predicted molar refractivity (Wildman–Crippen MR) is 162 cm³/mol. The fraction of sp³-hybridized carbons (Fsp3) is 0.419. The summed E-state index contributed by atoms with van der Waals surface area (Å²) in [6.45, 7) is 3.44. The molecule has 0 saturated heterocycles. The highest BCUT2D eigenvalue weighted by Crippen LogP contribution is 2.45. The van der Waals surface area contributed by atoms with Gasteiger partial charge in [0.05, 0.1) is 17.1 Å². The van der Waals surface area contributed by atoms with Crippen LogP contribution in [-0.4, -0.2) is 48.1 Å². The molecule has 3 aromatic rings. The first-order valence-corrected chi connectivity index (χ1v) is 16.5. The van der Waals surface area contributed by atoms with Crippen LogP contribution < -0.4 is 20.0 Å². The topological polar surface area (TPSA) is 120 Å². The van der Waals surface area contributed by atoms with Crippen LogP contribution in [0.4, 0.5) is 21.6 Å². The molecule has 5 heterocycles. The number of nitrogens with one attached hydrogen (secondary N) is 1. The standard InChI is InChI=1S/C31H33FN6O5S/c1-18-28-26(10-11-33-18)34-38(22-7-8-25(32)24(17-22)19-4-5-19)30(28)37-14-13-35(31(37)43-44(40,41)42)23-15-20-3-2-12-36-27(39)9-6-21(16-23)29(20)36/h7-8,13-19,31,33H,2-6,9-12H2,1H3,(H,40,41,42)/t18?,31-/m0/s1. The van der Waals surface area contributed by atoms with E-state index in [9.17, 15) is 22.2 Å². The van der Waals surface area contributed by atoms with E-state index in [1.54, 1.807) is 32.9 Å². The highest BCUT2D eigenvalue weighted by Gasteiger charge is 2.40. The third-order valence-electron chi connectivity index (χ3n) is 9.33. The lowest BCUT2D eigenvalue weighted by atomic mass is 9.91. The zero-order chi connectivity index (χ0) is 30.3. The Hall–Kier alpha value is -3.78. The van der Waals surface area contributed by atoms with E-state index in [2.05, 4.69) is 5.32 Å². The molecule has 1 saturated carbocycles. The van der Waals surface area contributed by atoms with Crippen LogP contribution in [0.25, 0.3) is 5.69 Å². The van der Waals surface area contributed by atoms with E-state index in [1.165, 1.54) is 6.07 Å². The molecular formula is C31H33FN6O5S. The average molecular weight is 621 g/mol. The highest BCUT2D eigenvalue weighted by atomic mass is 32.3. The normalized spacial score (nSPS) is 22.9. The molecule has 1 amide bonds. The lowest BCUT2D eigenvalue weighted by molar-refractivity contribution is -0.119. The molecule has 11 nitrogen and oxygen atoms in total. The van der Waals surface area contributed by atoms with Gasteiger partial charge in [0, 0.05) is 55.6 Å². The fourth-order valence-electron chi connectivity index (χ4n) is 7.20. The first-order chi connectivity index (χ1) is 21.2. The quantitative estimate of drug-likeness (QED) is 0.391. The molecule has 1 aromatic heterocycles. The highest BCUT2D eigenvalue weighted by molar-refractivity contribution is 7.80. The molecule has 2 aromatic carbocycles. The van der Waals surface area contributed by atoms with Crippen molar-refractivity contribution in [3.63, 3.8) is 0 Å². The van der Waals surface area contributed by atoms with Gasteiger partial charge in [-0.3, -0.25) is 14.2 Å². The third kappa shape index (κ3) is 4.61. The molecule has 8 rings (SSSR count). The maximum atomic E-state index is 14.8. The minimum absolute atomic E-state index is 0.114. The van der Waals surface area contributed by atoms with Crippen molar-refractivity contribution in [3.8, 4) is 5.69 Å². The molecular weight excluding hydrogens is 587 g/mol. The van der Waals surface area contributed by atoms with E-state index in [0.717, 1.165) is 60.3 Å². The number of fused-ring (bicyclic) bond motifs is 1. The van der Waals surface area contributed by atoms with Gasteiger partial charge in [0.2, 0.25) is 12.3 Å². The number of hydrogen-bond donors (Lipinski definition) is 2. The lowest BCUT2D eigenvalue weighted by Crippen LogP contribution is -2.44. The minimum atomic E-state index is -4.91. The van der Waals surface area contributed by atoms with Gasteiger partial charge in [0.1, 0.15) is 11.6 Å². The van der Waals surface area contributed by atoms with Crippen molar-refractivity contribution < 1.29 is 26.3 Å². The van der Waals surface area contributed by atoms with Gasteiger partial charge in [-0.1, -0.05) is 0 Å². The molecule has 0 spiro atoms. The number of benzene rings is 2. The molecule has 44 heavy (non-hydrogen) atoms.